The number of nitrogens with zero attached hydrogens (tertiary/aromatic N) is 5. The molecule has 0 radical (unpaired) electrons. The Hall–Kier alpha value is -8.74. The average Bonchev–Trinajstić information content (AvgIpc) is 3.92. The van der Waals surface area contributed by atoms with Crippen LogP contribution in [0, 0.1) is 0 Å². The minimum atomic E-state index is 0.527. The highest BCUT2D eigenvalue weighted by atomic mass is 16.3. The van der Waals surface area contributed by atoms with Crippen molar-refractivity contribution < 1.29 is 4.42 Å². The molecule has 0 saturated heterocycles. The molecule has 13 aromatic rings. The van der Waals surface area contributed by atoms with Gasteiger partial charge in [0.1, 0.15) is 5.58 Å². The first-order valence-electron chi connectivity index (χ1n) is 21.4. The van der Waals surface area contributed by atoms with Gasteiger partial charge in [-0.15, -0.1) is 0 Å². The van der Waals surface area contributed by atoms with Gasteiger partial charge in [0.05, 0.1) is 17.2 Å². The Bertz CT molecular complexity index is 3980. The quantitative estimate of drug-likeness (QED) is 0.167. The molecule has 64 heavy (non-hydrogen) atoms. The van der Waals surface area contributed by atoms with Gasteiger partial charge in [-0.05, 0) is 74.8 Å². The SMILES string of the molecule is c1ccc(-c2ccc3c4ccc5ccccc5c4n(-c4cccc(-c5cccc(-c6nc(-c7ccc8ccccc8c7)nc(-c7cncc8oc9ccccc9c78)n6)c5)c4)c3c2)cc1. The highest BCUT2D eigenvalue weighted by molar-refractivity contribution is 6.19. The van der Waals surface area contributed by atoms with Crippen molar-refractivity contribution >= 4 is 65.3 Å². The summed E-state index contributed by atoms with van der Waals surface area (Å²) in [7, 11) is 0. The smallest absolute Gasteiger partial charge is 0.166 e. The van der Waals surface area contributed by atoms with Crippen molar-refractivity contribution in [1.82, 2.24) is 24.5 Å². The number of fused-ring (bicyclic) bond motifs is 9. The molecule has 0 amide bonds. The summed E-state index contributed by atoms with van der Waals surface area (Å²) in [6, 6.07) is 70.7. The third-order valence-electron chi connectivity index (χ3n) is 12.5. The Morgan fingerprint density at radius 3 is 1.86 bits per heavy atom. The van der Waals surface area contributed by atoms with Crippen LogP contribution in [0.25, 0.3) is 127 Å². The van der Waals surface area contributed by atoms with Crippen LogP contribution in [0.5, 0.6) is 0 Å². The first-order chi connectivity index (χ1) is 31.7. The summed E-state index contributed by atoms with van der Waals surface area (Å²) in [6.45, 7) is 0. The zero-order valence-corrected chi connectivity index (χ0v) is 34.4. The molecular formula is C58H35N5O. The Labute approximate surface area is 367 Å². The zero-order chi connectivity index (χ0) is 42.1. The van der Waals surface area contributed by atoms with E-state index in [1.807, 2.05) is 24.4 Å². The normalized spacial score (nSPS) is 11.8. The molecule has 4 aromatic heterocycles. The number of pyridine rings is 1. The third-order valence-corrected chi connectivity index (χ3v) is 12.5. The van der Waals surface area contributed by atoms with Gasteiger partial charge in [0.2, 0.25) is 0 Å². The van der Waals surface area contributed by atoms with Gasteiger partial charge in [-0.3, -0.25) is 4.98 Å². The van der Waals surface area contributed by atoms with E-state index in [4.69, 9.17) is 19.4 Å². The monoisotopic (exact) mass is 817 g/mol. The number of hydrogen-bond donors (Lipinski definition) is 0. The van der Waals surface area contributed by atoms with Crippen LogP contribution in [0.2, 0.25) is 0 Å². The average molecular weight is 818 g/mol. The molecule has 0 N–H and O–H groups in total. The molecule has 0 spiro atoms. The molecule has 6 nitrogen and oxygen atoms in total. The Balaban J connectivity index is 0.985. The summed E-state index contributed by atoms with van der Waals surface area (Å²) in [4.78, 5) is 20.1. The standard InChI is InChI=1S/C58H35N5O/c1-2-12-36(13-3-1)42-27-28-47-48-29-26-38-15-6-7-21-46(38)55(48)63(51(47)33-42)45-20-11-18-41(32-45)40-17-10-19-43(31-40)56-60-57(44-25-24-37-14-4-5-16-39(37)30-44)62-58(61-56)50-34-59-35-53-54(50)49-22-8-9-23-52(49)64-53/h1-35H. The summed E-state index contributed by atoms with van der Waals surface area (Å²) in [5.74, 6) is 1.67. The molecule has 13 rings (SSSR count). The molecule has 9 aromatic carbocycles. The van der Waals surface area contributed by atoms with Crippen molar-refractivity contribution in [2.75, 3.05) is 0 Å². The van der Waals surface area contributed by atoms with E-state index in [2.05, 4.69) is 192 Å². The Morgan fingerprint density at radius 2 is 0.984 bits per heavy atom. The Morgan fingerprint density at radius 1 is 0.359 bits per heavy atom. The third kappa shape index (κ3) is 5.88. The van der Waals surface area contributed by atoms with Crippen molar-refractivity contribution in [2.45, 2.75) is 0 Å². The maximum Gasteiger partial charge on any atom is 0.166 e. The second-order valence-corrected chi connectivity index (χ2v) is 16.3. The van der Waals surface area contributed by atoms with Gasteiger partial charge in [-0.25, -0.2) is 15.0 Å². The second kappa shape index (κ2) is 14.4. The molecule has 6 heteroatoms. The maximum absolute atomic E-state index is 6.25. The molecule has 0 saturated carbocycles. The highest BCUT2D eigenvalue weighted by Gasteiger charge is 2.20. The van der Waals surface area contributed by atoms with Crippen LogP contribution in [-0.4, -0.2) is 24.5 Å². The molecular weight excluding hydrogens is 783 g/mol. The van der Waals surface area contributed by atoms with Gasteiger partial charge in [0.25, 0.3) is 0 Å². The molecule has 0 fully saturated rings. The number of para-hydroxylation sites is 1. The predicted octanol–water partition coefficient (Wildman–Crippen LogP) is 14.9. The minimum absolute atomic E-state index is 0.527. The molecule has 298 valence electrons. The maximum atomic E-state index is 6.25. The predicted molar refractivity (Wildman–Crippen MR) is 261 cm³/mol. The largest absolute Gasteiger partial charge is 0.454 e. The second-order valence-electron chi connectivity index (χ2n) is 16.3. The number of hydrogen-bond acceptors (Lipinski definition) is 5. The van der Waals surface area contributed by atoms with E-state index < -0.39 is 0 Å². The molecule has 0 aliphatic heterocycles. The van der Waals surface area contributed by atoms with Gasteiger partial charge in [0.15, 0.2) is 23.1 Å². The lowest BCUT2D eigenvalue weighted by molar-refractivity contribution is 0.667. The highest BCUT2D eigenvalue weighted by Crippen LogP contribution is 2.40. The van der Waals surface area contributed by atoms with E-state index in [1.165, 1.54) is 38.2 Å². The number of benzene rings is 9. The Kier molecular flexibility index (Phi) is 8.11. The topological polar surface area (TPSA) is 69.6 Å². The fraction of sp³-hybridized carbons (Fsp3) is 0. The lowest BCUT2D eigenvalue weighted by Gasteiger charge is -2.13. The zero-order valence-electron chi connectivity index (χ0n) is 34.4. The van der Waals surface area contributed by atoms with Crippen LogP contribution in [0.15, 0.2) is 217 Å². The number of aromatic nitrogens is 5. The van der Waals surface area contributed by atoms with E-state index in [0.29, 0.717) is 23.1 Å². The van der Waals surface area contributed by atoms with E-state index in [-0.39, 0.29) is 0 Å². The first kappa shape index (κ1) is 36.0. The summed E-state index contributed by atoms with van der Waals surface area (Å²) in [6.07, 6.45) is 3.59. The van der Waals surface area contributed by atoms with Gasteiger partial charge in [-0.1, -0.05) is 164 Å². The van der Waals surface area contributed by atoms with Gasteiger partial charge in [0, 0.05) is 55.5 Å². The fourth-order valence-electron chi connectivity index (χ4n) is 9.45. The summed E-state index contributed by atoms with van der Waals surface area (Å²) >= 11 is 0. The van der Waals surface area contributed by atoms with Gasteiger partial charge >= 0.3 is 0 Å². The van der Waals surface area contributed by atoms with Crippen LogP contribution in [-0.2, 0) is 0 Å². The molecule has 0 unspecified atom stereocenters. The van der Waals surface area contributed by atoms with Crippen molar-refractivity contribution in [3.8, 4) is 62.1 Å². The van der Waals surface area contributed by atoms with E-state index >= 15 is 0 Å². The lowest BCUT2D eigenvalue weighted by atomic mass is 10.0. The van der Waals surface area contributed by atoms with E-state index in [1.54, 1.807) is 6.20 Å². The molecule has 4 heterocycles. The lowest BCUT2D eigenvalue weighted by Crippen LogP contribution is -2.01. The van der Waals surface area contributed by atoms with Crippen molar-refractivity contribution in [1.29, 1.82) is 0 Å². The van der Waals surface area contributed by atoms with Crippen molar-refractivity contribution in [2.24, 2.45) is 0 Å². The van der Waals surface area contributed by atoms with Crippen LogP contribution in [0.1, 0.15) is 0 Å². The number of furan rings is 1. The van der Waals surface area contributed by atoms with Crippen molar-refractivity contribution in [3.05, 3.63) is 213 Å². The minimum Gasteiger partial charge on any atom is -0.454 e. The van der Waals surface area contributed by atoms with Crippen LogP contribution >= 0.6 is 0 Å². The summed E-state index contributed by atoms with van der Waals surface area (Å²) in [5, 5.41) is 9.04. The van der Waals surface area contributed by atoms with Gasteiger partial charge in [-0.2, -0.15) is 0 Å². The van der Waals surface area contributed by atoms with Crippen LogP contribution in [0.4, 0.5) is 0 Å². The van der Waals surface area contributed by atoms with E-state index in [9.17, 15) is 0 Å². The summed E-state index contributed by atoms with van der Waals surface area (Å²) in [5.41, 5.74) is 12.0. The van der Waals surface area contributed by atoms with Gasteiger partial charge < -0.3 is 8.98 Å². The van der Waals surface area contributed by atoms with Crippen LogP contribution < -0.4 is 0 Å². The summed E-state index contributed by atoms with van der Waals surface area (Å²) < 4.78 is 8.69. The van der Waals surface area contributed by atoms with Crippen LogP contribution in [0.3, 0.4) is 0 Å². The molecule has 0 bridgehead atoms. The first-order valence-corrected chi connectivity index (χ1v) is 21.4. The molecule has 0 aliphatic carbocycles. The van der Waals surface area contributed by atoms with Crippen molar-refractivity contribution in [3.63, 3.8) is 0 Å². The number of rotatable bonds is 6. The molecule has 0 atom stereocenters. The van der Waals surface area contributed by atoms with E-state index in [0.717, 1.165) is 66.1 Å². The fourth-order valence-corrected chi connectivity index (χ4v) is 9.45. The molecule has 0 aliphatic rings.